The fourth-order valence-corrected chi connectivity index (χ4v) is 3.68. The summed E-state index contributed by atoms with van der Waals surface area (Å²) in [5.74, 6) is 2.48. The smallest absolute Gasteiger partial charge is 0.226 e. The predicted octanol–water partition coefficient (Wildman–Crippen LogP) is 4.31. The van der Waals surface area contributed by atoms with Crippen LogP contribution in [-0.4, -0.2) is 42.1 Å². The topological polar surface area (TPSA) is 78.6 Å². The SMILES string of the molecule is CN=C(NCc1coc(-c2ccc(C)cc2)n1)NC1CCN(c2ccc(C)cn2)CC1.I. The third kappa shape index (κ3) is 6.21. The molecule has 1 aliphatic heterocycles. The zero-order chi connectivity index (χ0) is 21.6. The summed E-state index contributed by atoms with van der Waals surface area (Å²) in [4.78, 5) is 15.8. The number of rotatable bonds is 5. The Hall–Kier alpha value is -2.62. The number of oxazole rings is 1. The molecule has 3 heterocycles. The molecular weight excluding hydrogens is 515 g/mol. The van der Waals surface area contributed by atoms with E-state index in [1.807, 2.05) is 18.3 Å². The van der Waals surface area contributed by atoms with Crippen molar-refractivity contribution in [3.8, 4) is 11.5 Å². The number of aliphatic imine (C=N–C) groups is 1. The van der Waals surface area contributed by atoms with E-state index < -0.39 is 0 Å². The largest absolute Gasteiger partial charge is 0.444 e. The molecule has 0 amide bonds. The van der Waals surface area contributed by atoms with E-state index in [1.54, 1.807) is 13.3 Å². The standard InChI is InChI=1S/C24H30N6O.HI/c1-17-4-7-19(8-5-17)23-28-21(16-31-23)15-27-24(25-3)29-20-10-12-30(13-11-20)22-9-6-18(2)14-26-22;/h4-9,14,16,20H,10-13,15H2,1-3H3,(H2,25,27,29);1H. The van der Waals surface area contributed by atoms with E-state index >= 15 is 0 Å². The lowest BCUT2D eigenvalue weighted by molar-refractivity contribution is 0.459. The lowest BCUT2D eigenvalue weighted by atomic mass is 10.1. The zero-order valence-electron chi connectivity index (χ0n) is 18.8. The molecule has 0 radical (unpaired) electrons. The van der Waals surface area contributed by atoms with Gasteiger partial charge in [-0.1, -0.05) is 23.8 Å². The van der Waals surface area contributed by atoms with Crippen molar-refractivity contribution in [1.82, 2.24) is 20.6 Å². The van der Waals surface area contributed by atoms with Gasteiger partial charge in [0.2, 0.25) is 5.89 Å². The van der Waals surface area contributed by atoms with Gasteiger partial charge in [0.25, 0.3) is 0 Å². The Kier molecular flexibility index (Phi) is 8.49. The number of pyridine rings is 1. The number of aromatic nitrogens is 2. The average molecular weight is 546 g/mol. The second-order valence-electron chi connectivity index (χ2n) is 8.04. The molecule has 170 valence electrons. The van der Waals surface area contributed by atoms with Gasteiger partial charge in [0.1, 0.15) is 12.1 Å². The second kappa shape index (κ2) is 11.3. The number of aryl methyl sites for hydroxylation is 2. The van der Waals surface area contributed by atoms with Gasteiger partial charge >= 0.3 is 0 Å². The third-order valence-corrected chi connectivity index (χ3v) is 5.57. The Balaban J connectivity index is 0.00000289. The van der Waals surface area contributed by atoms with Gasteiger partial charge in [-0.3, -0.25) is 4.99 Å². The van der Waals surface area contributed by atoms with Crippen molar-refractivity contribution in [1.29, 1.82) is 0 Å². The van der Waals surface area contributed by atoms with Crippen LogP contribution in [0.15, 0.2) is 58.3 Å². The van der Waals surface area contributed by atoms with Crippen LogP contribution >= 0.6 is 24.0 Å². The molecule has 1 saturated heterocycles. The minimum Gasteiger partial charge on any atom is -0.444 e. The van der Waals surface area contributed by atoms with Gasteiger partial charge in [-0.15, -0.1) is 24.0 Å². The Labute approximate surface area is 206 Å². The maximum absolute atomic E-state index is 5.64. The highest BCUT2D eigenvalue weighted by molar-refractivity contribution is 14.0. The van der Waals surface area contributed by atoms with Crippen molar-refractivity contribution in [2.75, 3.05) is 25.0 Å². The third-order valence-electron chi connectivity index (χ3n) is 5.57. The fourth-order valence-electron chi connectivity index (χ4n) is 3.68. The molecule has 0 saturated carbocycles. The molecule has 8 heteroatoms. The number of nitrogens with one attached hydrogen (secondary N) is 2. The summed E-state index contributed by atoms with van der Waals surface area (Å²) in [6, 6.07) is 12.8. The molecule has 0 aliphatic carbocycles. The summed E-state index contributed by atoms with van der Waals surface area (Å²) < 4.78 is 5.64. The van der Waals surface area contributed by atoms with Gasteiger partial charge in [0.15, 0.2) is 5.96 Å². The van der Waals surface area contributed by atoms with Crippen LogP contribution in [0.1, 0.15) is 29.7 Å². The van der Waals surface area contributed by atoms with Gasteiger partial charge in [-0.25, -0.2) is 9.97 Å². The lowest BCUT2D eigenvalue weighted by Gasteiger charge is -2.33. The summed E-state index contributed by atoms with van der Waals surface area (Å²) in [6.07, 6.45) is 5.71. The zero-order valence-corrected chi connectivity index (χ0v) is 21.2. The van der Waals surface area contributed by atoms with Crippen molar-refractivity contribution < 1.29 is 4.42 Å². The summed E-state index contributed by atoms with van der Waals surface area (Å²) in [7, 11) is 1.79. The molecule has 2 N–H and O–H groups in total. The van der Waals surface area contributed by atoms with Crippen molar-refractivity contribution in [3.63, 3.8) is 0 Å². The van der Waals surface area contributed by atoms with Gasteiger partial charge in [-0.2, -0.15) is 0 Å². The first-order chi connectivity index (χ1) is 15.1. The summed E-state index contributed by atoms with van der Waals surface area (Å²) in [5, 5.41) is 6.88. The second-order valence-corrected chi connectivity index (χ2v) is 8.04. The van der Waals surface area contributed by atoms with E-state index in [2.05, 4.69) is 68.6 Å². The molecule has 1 aliphatic rings. The van der Waals surface area contributed by atoms with Crippen molar-refractivity contribution in [2.24, 2.45) is 4.99 Å². The van der Waals surface area contributed by atoms with Crippen LogP contribution in [0.2, 0.25) is 0 Å². The molecule has 1 aromatic carbocycles. The van der Waals surface area contributed by atoms with Crippen LogP contribution in [0.3, 0.4) is 0 Å². The van der Waals surface area contributed by atoms with E-state index in [9.17, 15) is 0 Å². The number of nitrogens with zero attached hydrogens (tertiary/aromatic N) is 4. The Bertz CT molecular complexity index is 1010. The summed E-state index contributed by atoms with van der Waals surface area (Å²) in [6.45, 7) is 6.65. The number of benzene rings is 1. The number of hydrogen-bond donors (Lipinski definition) is 2. The van der Waals surface area contributed by atoms with Crippen LogP contribution in [0.5, 0.6) is 0 Å². The Morgan fingerprint density at radius 2 is 1.81 bits per heavy atom. The molecule has 3 aromatic rings. The van der Waals surface area contributed by atoms with E-state index in [4.69, 9.17) is 4.42 Å². The van der Waals surface area contributed by atoms with E-state index in [0.29, 0.717) is 18.5 Å². The molecule has 0 spiro atoms. The van der Waals surface area contributed by atoms with Gasteiger partial charge in [0, 0.05) is 37.9 Å². The molecule has 0 atom stereocenters. The van der Waals surface area contributed by atoms with Crippen LogP contribution in [0, 0.1) is 13.8 Å². The normalized spacial score (nSPS) is 14.7. The molecule has 0 unspecified atom stereocenters. The van der Waals surface area contributed by atoms with Crippen LogP contribution in [0.4, 0.5) is 5.82 Å². The molecule has 2 aromatic heterocycles. The van der Waals surface area contributed by atoms with Crippen molar-refractivity contribution >= 4 is 35.8 Å². The fraction of sp³-hybridized carbons (Fsp3) is 0.375. The van der Waals surface area contributed by atoms with Gasteiger partial charge in [-0.05, 0) is 50.5 Å². The minimum absolute atomic E-state index is 0. The van der Waals surface area contributed by atoms with E-state index in [1.165, 1.54) is 11.1 Å². The summed E-state index contributed by atoms with van der Waals surface area (Å²) >= 11 is 0. The number of anilines is 1. The lowest BCUT2D eigenvalue weighted by Crippen LogP contribution is -2.48. The average Bonchev–Trinajstić information content (AvgIpc) is 3.27. The highest BCUT2D eigenvalue weighted by Crippen LogP contribution is 2.20. The van der Waals surface area contributed by atoms with Crippen LogP contribution in [0.25, 0.3) is 11.5 Å². The molecule has 1 fully saturated rings. The molecule has 0 bridgehead atoms. The monoisotopic (exact) mass is 546 g/mol. The maximum atomic E-state index is 5.64. The first-order valence-electron chi connectivity index (χ1n) is 10.8. The minimum atomic E-state index is 0. The van der Waals surface area contributed by atoms with Crippen molar-refractivity contribution in [3.05, 3.63) is 65.7 Å². The van der Waals surface area contributed by atoms with Gasteiger partial charge < -0.3 is 20.0 Å². The maximum Gasteiger partial charge on any atom is 0.226 e. The Morgan fingerprint density at radius 1 is 1.09 bits per heavy atom. The number of halogens is 1. The summed E-state index contributed by atoms with van der Waals surface area (Å²) in [5.41, 5.74) is 4.23. The number of guanidine groups is 1. The number of hydrogen-bond acceptors (Lipinski definition) is 5. The first kappa shape index (κ1) is 24.0. The number of piperidine rings is 1. The highest BCUT2D eigenvalue weighted by atomic mass is 127. The first-order valence-corrected chi connectivity index (χ1v) is 10.8. The van der Waals surface area contributed by atoms with Crippen LogP contribution < -0.4 is 15.5 Å². The highest BCUT2D eigenvalue weighted by Gasteiger charge is 2.21. The molecular formula is C24H31IN6O. The van der Waals surface area contributed by atoms with Crippen molar-refractivity contribution in [2.45, 2.75) is 39.3 Å². The Morgan fingerprint density at radius 3 is 2.47 bits per heavy atom. The molecule has 7 nitrogen and oxygen atoms in total. The molecule has 32 heavy (non-hydrogen) atoms. The van der Waals surface area contributed by atoms with Gasteiger partial charge in [0.05, 0.1) is 12.2 Å². The quantitative estimate of drug-likeness (QED) is 0.282. The van der Waals surface area contributed by atoms with E-state index in [-0.39, 0.29) is 24.0 Å². The molecule has 4 rings (SSSR count). The predicted molar refractivity (Wildman–Crippen MR) is 140 cm³/mol. The van der Waals surface area contributed by atoms with Crippen LogP contribution in [-0.2, 0) is 6.54 Å². The van der Waals surface area contributed by atoms with E-state index in [0.717, 1.165) is 49.0 Å².